The van der Waals surface area contributed by atoms with Crippen LogP contribution in [0, 0.1) is 13.8 Å². The normalized spacial score (nSPS) is 12.1. The van der Waals surface area contributed by atoms with Gasteiger partial charge in [-0.2, -0.15) is 0 Å². The van der Waals surface area contributed by atoms with Crippen LogP contribution in [-0.4, -0.2) is 19.2 Å². The molecule has 1 heterocycles. The van der Waals surface area contributed by atoms with Gasteiger partial charge in [-0.1, -0.05) is 23.8 Å². The van der Waals surface area contributed by atoms with Gasteiger partial charge >= 0.3 is 0 Å². The Morgan fingerprint density at radius 2 is 1.92 bits per heavy atom. The molecule has 5 nitrogen and oxygen atoms in total. The highest BCUT2D eigenvalue weighted by Gasteiger charge is 2.13. The number of carbonyl (C=O) groups is 1. The van der Waals surface area contributed by atoms with E-state index in [0.29, 0.717) is 19.5 Å². The first-order valence-electron chi connectivity index (χ1n) is 8.08. The van der Waals surface area contributed by atoms with Gasteiger partial charge in [0, 0.05) is 25.2 Å². The minimum Gasteiger partial charge on any atom is -0.454 e. The zero-order valence-electron chi connectivity index (χ0n) is 14.0. The average molecular weight is 326 g/mol. The van der Waals surface area contributed by atoms with Crippen LogP contribution in [0.25, 0.3) is 0 Å². The summed E-state index contributed by atoms with van der Waals surface area (Å²) in [5, 5.41) is 6.23. The fourth-order valence-electron chi connectivity index (χ4n) is 2.66. The van der Waals surface area contributed by atoms with Crippen molar-refractivity contribution in [2.45, 2.75) is 26.8 Å². The summed E-state index contributed by atoms with van der Waals surface area (Å²) in [7, 11) is 0. The van der Waals surface area contributed by atoms with Crippen molar-refractivity contribution in [3.8, 4) is 11.5 Å². The predicted octanol–water partition coefficient (Wildman–Crippen LogP) is 3.15. The van der Waals surface area contributed by atoms with Crippen LogP contribution >= 0.6 is 0 Å². The van der Waals surface area contributed by atoms with Crippen molar-refractivity contribution in [3.05, 3.63) is 53.1 Å². The lowest BCUT2D eigenvalue weighted by molar-refractivity contribution is -0.121. The maximum absolute atomic E-state index is 12.0. The summed E-state index contributed by atoms with van der Waals surface area (Å²) >= 11 is 0. The van der Waals surface area contributed by atoms with Crippen molar-refractivity contribution in [1.29, 1.82) is 0 Å². The summed E-state index contributed by atoms with van der Waals surface area (Å²) in [6.07, 6.45) is 0.428. The van der Waals surface area contributed by atoms with E-state index in [1.807, 2.05) is 18.2 Å². The predicted molar refractivity (Wildman–Crippen MR) is 93.4 cm³/mol. The summed E-state index contributed by atoms with van der Waals surface area (Å²) < 4.78 is 10.6. The Morgan fingerprint density at radius 1 is 1.08 bits per heavy atom. The van der Waals surface area contributed by atoms with Gasteiger partial charge in [-0.05, 0) is 43.2 Å². The molecule has 2 aromatic carbocycles. The number of ether oxygens (including phenoxy) is 2. The molecule has 1 aliphatic heterocycles. The minimum absolute atomic E-state index is 0.0185. The van der Waals surface area contributed by atoms with E-state index in [9.17, 15) is 4.79 Å². The van der Waals surface area contributed by atoms with Gasteiger partial charge in [0.25, 0.3) is 0 Å². The zero-order valence-corrected chi connectivity index (χ0v) is 14.0. The molecule has 0 fully saturated rings. The molecule has 126 valence electrons. The number of fused-ring (bicyclic) bond motifs is 1. The highest BCUT2D eigenvalue weighted by atomic mass is 16.7. The molecule has 0 saturated heterocycles. The molecule has 0 aromatic heterocycles. The SMILES string of the molecule is Cc1ccc(NCCC(=O)NCc2ccc3c(c2)OCO3)c(C)c1. The van der Waals surface area contributed by atoms with Crippen LogP contribution in [0.5, 0.6) is 11.5 Å². The number of benzene rings is 2. The molecule has 0 radical (unpaired) electrons. The van der Waals surface area contributed by atoms with E-state index < -0.39 is 0 Å². The molecule has 0 saturated carbocycles. The molecule has 1 amide bonds. The lowest BCUT2D eigenvalue weighted by Crippen LogP contribution is -2.24. The number of nitrogens with one attached hydrogen (secondary N) is 2. The van der Waals surface area contributed by atoms with Crippen LogP contribution in [0.1, 0.15) is 23.1 Å². The molecule has 2 N–H and O–H groups in total. The van der Waals surface area contributed by atoms with Gasteiger partial charge < -0.3 is 20.1 Å². The third-order valence-electron chi connectivity index (χ3n) is 3.98. The number of rotatable bonds is 6. The summed E-state index contributed by atoms with van der Waals surface area (Å²) in [5.41, 5.74) is 4.49. The molecule has 1 aliphatic rings. The zero-order chi connectivity index (χ0) is 16.9. The summed E-state index contributed by atoms with van der Waals surface area (Å²) in [6.45, 7) is 5.49. The van der Waals surface area contributed by atoms with E-state index in [0.717, 1.165) is 22.7 Å². The van der Waals surface area contributed by atoms with Crippen LogP contribution in [-0.2, 0) is 11.3 Å². The maximum atomic E-state index is 12.0. The summed E-state index contributed by atoms with van der Waals surface area (Å²) in [4.78, 5) is 12.0. The monoisotopic (exact) mass is 326 g/mol. The fraction of sp³-hybridized carbons (Fsp3) is 0.316. The van der Waals surface area contributed by atoms with Gasteiger partial charge in [-0.25, -0.2) is 0 Å². The van der Waals surface area contributed by atoms with Crippen molar-refractivity contribution < 1.29 is 14.3 Å². The molecule has 2 aromatic rings. The van der Waals surface area contributed by atoms with E-state index in [2.05, 4.69) is 42.7 Å². The Labute approximate surface area is 142 Å². The van der Waals surface area contributed by atoms with E-state index >= 15 is 0 Å². The first-order valence-corrected chi connectivity index (χ1v) is 8.08. The highest BCUT2D eigenvalue weighted by molar-refractivity contribution is 5.76. The molecule has 0 spiro atoms. The Kier molecular flexibility index (Phi) is 4.89. The molecule has 0 bridgehead atoms. The molecule has 0 atom stereocenters. The van der Waals surface area contributed by atoms with E-state index in [1.165, 1.54) is 11.1 Å². The Bertz CT molecular complexity index is 743. The van der Waals surface area contributed by atoms with Crippen LogP contribution in [0.2, 0.25) is 0 Å². The number of aryl methyl sites for hydroxylation is 2. The molecule has 0 unspecified atom stereocenters. The lowest BCUT2D eigenvalue weighted by Gasteiger charge is -2.10. The second kappa shape index (κ2) is 7.25. The average Bonchev–Trinajstić information content (AvgIpc) is 3.02. The van der Waals surface area contributed by atoms with Crippen molar-refractivity contribution in [1.82, 2.24) is 5.32 Å². The molecular weight excluding hydrogens is 304 g/mol. The smallest absolute Gasteiger partial charge is 0.231 e. The molecule has 0 aliphatic carbocycles. The fourth-order valence-corrected chi connectivity index (χ4v) is 2.66. The maximum Gasteiger partial charge on any atom is 0.231 e. The lowest BCUT2D eigenvalue weighted by atomic mass is 10.1. The van der Waals surface area contributed by atoms with Gasteiger partial charge in [-0.3, -0.25) is 4.79 Å². The number of hydrogen-bond acceptors (Lipinski definition) is 4. The Morgan fingerprint density at radius 3 is 2.75 bits per heavy atom. The van der Waals surface area contributed by atoms with Crippen molar-refractivity contribution in [2.24, 2.45) is 0 Å². The molecule has 5 heteroatoms. The van der Waals surface area contributed by atoms with Crippen LogP contribution in [0.15, 0.2) is 36.4 Å². The quantitative estimate of drug-likeness (QED) is 0.856. The van der Waals surface area contributed by atoms with Gasteiger partial charge in [0.2, 0.25) is 12.7 Å². The van der Waals surface area contributed by atoms with Crippen LogP contribution < -0.4 is 20.1 Å². The topological polar surface area (TPSA) is 59.6 Å². The van der Waals surface area contributed by atoms with Crippen molar-refractivity contribution in [2.75, 3.05) is 18.7 Å². The first-order chi connectivity index (χ1) is 11.6. The van der Waals surface area contributed by atoms with E-state index in [-0.39, 0.29) is 12.7 Å². The van der Waals surface area contributed by atoms with Crippen LogP contribution in [0.3, 0.4) is 0 Å². The second-order valence-electron chi connectivity index (χ2n) is 5.96. The highest BCUT2D eigenvalue weighted by Crippen LogP contribution is 2.32. The van der Waals surface area contributed by atoms with Crippen molar-refractivity contribution >= 4 is 11.6 Å². The Hall–Kier alpha value is -2.69. The van der Waals surface area contributed by atoms with Gasteiger partial charge in [0.15, 0.2) is 11.5 Å². The molecule has 3 rings (SSSR count). The first kappa shape index (κ1) is 16.2. The standard InChI is InChI=1S/C19H22N2O3/c1-13-3-5-16(14(2)9-13)20-8-7-19(22)21-11-15-4-6-17-18(10-15)24-12-23-17/h3-6,9-10,20H,7-8,11-12H2,1-2H3,(H,21,22). The largest absolute Gasteiger partial charge is 0.454 e. The number of amides is 1. The minimum atomic E-state index is 0.0185. The third kappa shape index (κ3) is 3.98. The van der Waals surface area contributed by atoms with E-state index in [4.69, 9.17) is 9.47 Å². The van der Waals surface area contributed by atoms with E-state index in [1.54, 1.807) is 0 Å². The number of carbonyl (C=O) groups excluding carboxylic acids is 1. The number of anilines is 1. The van der Waals surface area contributed by atoms with Gasteiger partial charge in [-0.15, -0.1) is 0 Å². The van der Waals surface area contributed by atoms with Gasteiger partial charge in [0.1, 0.15) is 0 Å². The van der Waals surface area contributed by atoms with Crippen LogP contribution in [0.4, 0.5) is 5.69 Å². The summed E-state index contributed by atoms with van der Waals surface area (Å²) in [6, 6.07) is 11.9. The second-order valence-corrected chi connectivity index (χ2v) is 5.96. The Balaban J connectivity index is 1.43. The van der Waals surface area contributed by atoms with Gasteiger partial charge in [0.05, 0.1) is 0 Å². The number of hydrogen-bond donors (Lipinski definition) is 2. The summed E-state index contributed by atoms with van der Waals surface area (Å²) in [5.74, 6) is 1.51. The molecular formula is C19H22N2O3. The van der Waals surface area contributed by atoms with Crippen molar-refractivity contribution in [3.63, 3.8) is 0 Å². The molecule has 24 heavy (non-hydrogen) atoms. The third-order valence-corrected chi connectivity index (χ3v) is 3.98.